The third-order valence-corrected chi connectivity index (χ3v) is 10.6. The van der Waals surface area contributed by atoms with Crippen molar-refractivity contribution in [1.29, 1.82) is 0 Å². The molecule has 11 aromatic rings. The second-order valence-electron chi connectivity index (χ2n) is 12.0. The molecular weight excluding hydrogens is 583 g/mol. The number of furan rings is 1. The van der Waals surface area contributed by atoms with Gasteiger partial charge in [0.25, 0.3) is 0 Å². The Labute approximate surface area is 266 Å². The van der Waals surface area contributed by atoms with E-state index >= 15 is 0 Å². The maximum atomic E-state index is 6.67. The van der Waals surface area contributed by atoms with Crippen LogP contribution in [0.25, 0.3) is 97.5 Å². The molecular formula is C41H23N3OS. The zero-order valence-electron chi connectivity index (χ0n) is 24.4. The number of para-hydroxylation sites is 4. The molecule has 11 rings (SSSR count). The summed E-state index contributed by atoms with van der Waals surface area (Å²) in [7, 11) is 0. The van der Waals surface area contributed by atoms with Gasteiger partial charge in [-0.3, -0.25) is 4.57 Å². The highest BCUT2D eigenvalue weighted by Crippen LogP contribution is 2.44. The molecule has 5 heteroatoms. The van der Waals surface area contributed by atoms with Crippen molar-refractivity contribution in [3.8, 4) is 16.9 Å². The van der Waals surface area contributed by atoms with Crippen LogP contribution in [0.1, 0.15) is 0 Å². The second-order valence-corrected chi connectivity index (χ2v) is 13.1. The Balaban J connectivity index is 1.24. The molecule has 0 saturated carbocycles. The topological polar surface area (TPSA) is 35.4 Å². The average Bonchev–Trinajstić information content (AvgIpc) is 3.85. The fourth-order valence-electron chi connectivity index (χ4n) is 7.48. The summed E-state index contributed by atoms with van der Waals surface area (Å²) in [4.78, 5) is 5.27. The van der Waals surface area contributed by atoms with Gasteiger partial charge in [0.1, 0.15) is 5.58 Å². The molecule has 4 nitrogen and oxygen atoms in total. The number of benzene rings is 6. The van der Waals surface area contributed by atoms with Gasteiger partial charge in [0.2, 0.25) is 5.71 Å². The van der Waals surface area contributed by atoms with Gasteiger partial charge in [0.05, 0.1) is 38.7 Å². The lowest BCUT2D eigenvalue weighted by atomic mass is 10.1. The third kappa shape index (κ3) is 3.19. The van der Waals surface area contributed by atoms with Crippen LogP contribution in [0, 0.1) is 0 Å². The minimum atomic E-state index is 0.861. The lowest BCUT2D eigenvalue weighted by Gasteiger charge is -2.12. The summed E-state index contributed by atoms with van der Waals surface area (Å²) < 4.78 is 13.9. The first-order valence-corrected chi connectivity index (χ1v) is 16.3. The van der Waals surface area contributed by atoms with E-state index in [1.807, 2.05) is 17.4 Å². The van der Waals surface area contributed by atoms with Crippen LogP contribution in [0.2, 0.25) is 0 Å². The summed E-state index contributed by atoms with van der Waals surface area (Å²) in [6, 6.07) is 49.8. The summed E-state index contributed by atoms with van der Waals surface area (Å²) in [6.07, 6.45) is 0. The Hall–Kier alpha value is -5.91. The summed E-state index contributed by atoms with van der Waals surface area (Å²) in [5.74, 6) is 0. The van der Waals surface area contributed by atoms with Crippen LogP contribution in [-0.4, -0.2) is 14.0 Å². The van der Waals surface area contributed by atoms with Crippen molar-refractivity contribution >= 4 is 91.9 Å². The Morgan fingerprint density at radius 2 is 1.35 bits per heavy atom. The van der Waals surface area contributed by atoms with Gasteiger partial charge in [0.15, 0.2) is 0 Å². The summed E-state index contributed by atoms with van der Waals surface area (Å²) >= 11 is 1.85. The molecule has 0 spiro atoms. The minimum Gasteiger partial charge on any atom is -0.439 e. The van der Waals surface area contributed by atoms with Crippen molar-refractivity contribution in [2.45, 2.75) is 0 Å². The zero-order chi connectivity index (χ0) is 29.9. The van der Waals surface area contributed by atoms with Gasteiger partial charge in [-0.05, 0) is 60.7 Å². The molecule has 5 aromatic heterocycles. The van der Waals surface area contributed by atoms with Crippen molar-refractivity contribution < 1.29 is 4.42 Å². The van der Waals surface area contributed by atoms with E-state index in [2.05, 4.69) is 142 Å². The predicted octanol–water partition coefficient (Wildman–Crippen LogP) is 11.5. The molecule has 6 aromatic carbocycles. The monoisotopic (exact) mass is 605 g/mol. The van der Waals surface area contributed by atoms with E-state index in [1.54, 1.807) is 0 Å². The molecule has 0 N–H and O–H groups in total. The summed E-state index contributed by atoms with van der Waals surface area (Å²) in [5.41, 5.74) is 10.3. The van der Waals surface area contributed by atoms with E-state index in [-0.39, 0.29) is 0 Å². The Kier molecular flexibility index (Phi) is 4.69. The largest absolute Gasteiger partial charge is 0.439 e. The summed E-state index contributed by atoms with van der Waals surface area (Å²) in [6.45, 7) is 0. The van der Waals surface area contributed by atoms with Gasteiger partial charge < -0.3 is 8.82 Å². The van der Waals surface area contributed by atoms with Crippen LogP contribution in [0.4, 0.5) is 0 Å². The molecule has 0 aliphatic rings. The molecule has 0 aliphatic heterocycles. The number of hydrogen-bond donors (Lipinski definition) is 0. The number of fused-ring (bicyclic) bond motifs is 13. The van der Waals surface area contributed by atoms with Crippen LogP contribution in [0.5, 0.6) is 0 Å². The molecule has 0 bridgehead atoms. The standard InChI is InChI=1S/C41H23N3OS/c1-5-16-32-24(10-1)21-35-40(42-31-15-4-6-17-33(31)44(32)35)25-11-9-12-26(20-25)43-34-22-29-27-13-3-8-19-37(27)46-38(29)23-30(34)39-28-14-2-7-18-36(28)45-41(39)43/h1-23H. The molecule has 0 amide bonds. The SMILES string of the molecule is c1cc(-c2nc3ccccc3n3c2cc2ccccc23)cc(-n2c3cc4c(cc3c3c5ccccc5oc32)sc2ccccc24)c1. The van der Waals surface area contributed by atoms with Gasteiger partial charge in [-0.15, -0.1) is 11.3 Å². The Morgan fingerprint density at radius 3 is 2.30 bits per heavy atom. The second kappa shape index (κ2) is 8.84. The molecule has 5 heterocycles. The third-order valence-electron chi connectivity index (χ3n) is 9.47. The molecule has 46 heavy (non-hydrogen) atoms. The number of hydrogen-bond acceptors (Lipinski definition) is 3. The van der Waals surface area contributed by atoms with Crippen LogP contribution in [0.3, 0.4) is 0 Å². The van der Waals surface area contributed by atoms with Crippen molar-refractivity contribution in [3.05, 3.63) is 140 Å². The van der Waals surface area contributed by atoms with E-state index in [0.717, 1.165) is 61.1 Å². The first-order valence-electron chi connectivity index (χ1n) is 15.5. The Morgan fingerprint density at radius 1 is 0.543 bits per heavy atom. The normalized spacial score (nSPS) is 12.3. The zero-order valence-corrected chi connectivity index (χ0v) is 25.3. The maximum Gasteiger partial charge on any atom is 0.213 e. The van der Waals surface area contributed by atoms with E-state index in [9.17, 15) is 0 Å². The fraction of sp³-hybridized carbons (Fsp3) is 0. The first kappa shape index (κ1) is 24.4. The van der Waals surface area contributed by atoms with Gasteiger partial charge in [-0.25, -0.2) is 4.98 Å². The molecule has 0 radical (unpaired) electrons. The van der Waals surface area contributed by atoms with Gasteiger partial charge >= 0.3 is 0 Å². The molecule has 214 valence electrons. The lowest BCUT2D eigenvalue weighted by molar-refractivity contribution is 0.645. The Bertz CT molecular complexity index is 3040. The van der Waals surface area contributed by atoms with Crippen LogP contribution in [0.15, 0.2) is 144 Å². The van der Waals surface area contributed by atoms with E-state index in [4.69, 9.17) is 9.40 Å². The number of nitrogens with zero attached hydrogens (tertiary/aromatic N) is 3. The van der Waals surface area contributed by atoms with Gasteiger partial charge in [-0.1, -0.05) is 78.9 Å². The molecule has 0 atom stereocenters. The van der Waals surface area contributed by atoms with Gasteiger partial charge in [0, 0.05) is 47.6 Å². The van der Waals surface area contributed by atoms with Crippen molar-refractivity contribution in [3.63, 3.8) is 0 Å². The van der Waals surface area contributed by atoms with Crippen molar-refractivity contribution in [1.82, 2.24) is 14.0 Å². The highest BCUT2D eigenvalue weighted by atomic mass is 32.1. The van der Waals surface area contributed by atoms with Crippen LogP contribution >= 0.6 is 11.3 Å². The number of rotatable bonds is 2. The first-order chi connectivity index (χ1) is 22.8. The summed E-state index contributed by atoms with van der Waals surface area (Å²) in [5, 5.41) is 7.25. The van der Waals surface area contributed by atoms with Gasteiger partial charge in [-0.2, -0.15) is 0 Å². The van der Waals surface area contributed by atoms with Crippen LogP contribution in [-0.2, 0) is 0 Å². The van der Waals surface area contributed by atoms with E-state index < -0.39 is 0 Å². The highest BCUT2D eigenvalue weighted by Gasteiger charge is 2.22. The van der Waals surface area contributed by atoms with Crippen LogP contribution < -0.4 is 0 Å². The van der Waals surface area contributed by atoms with E-state index in [1.165, 1.54) is 36.5 Å². The molecule has 0 unspecified atom stereocenters. The lowest BCUT2D eigenvalue weighted by Crippen LogP contribution is -1.97. The molecule has 0 aliphatic carbocycles. The van der Waals surface area contributed by atoms with Crippen molar-refractivity contribution in [2.75, 3.05) is 0 Å². The molecule has 0 saturated heterocycles. The minimum absolute atomic E-state index is 0.861. The van der Waals surface area contributed by atoms with Crippen molar-refractivity contribution in [2.24, 2.45) is 0 Å². The average molecular weight is 606 g/mol. The number of thiophene rings is 1. The van der Waals surface area contributed by atoms with E-state index in [0.29, 0.717) is 0 Å². The predicted molar refractivity (Wildman–Crippen MR) is 193 cm³/mol. The maximum absolute atomic E-state index is 6.67. The highest BCUT2D eigenvalue weighted by molar-refractivity contribution is 7.25. The fourth-order valence-corrected chi connectivity index (χ4v) is 8.61. The quantitative estimate of drug-likeness (QED) is 0.196. The smallest absolute Gasteiger partial charge is 0.213 e. The molecule has 0 fully saturated rings. The number of aromatic nitrogens is 3.